The lowest BCUT2D eigenvalue weighted by molar-refractivity contribution is -0.274. The maximum Gasteiger partial charge on any atom is 0.573 e. The number of benzene rings is 2. The van der Waals surface area contributed by atoms with Crippen molar-refractivity contribution in [3.8, 4) is 22.8 Å². The minimum atomic E-state index is -4.73. The van der Waals surface area contributed by atoms with Gasteiger partial charge in [0.2, 0.25) is 0 Å². The molecule has 0 unspecified atom stereocenters. The lowest BCUT2D eigenvalue weighted by Crippen LogP contribution is -2.16. The molecule has 0 saturated carbocycles. The number of halogens is 3. The molecule has 3 rings (SSSR count). The van der Waals surface area contributed by atoms with Crippen LogP contribution in [0.1, 0.15) is 6.42 Å². The molecule has 0 aliphatic rings. The Morgan fingerprint density at radius 1 is 1.08 bits per heavy atom. The zero-order valence-corrected chi connectivity index (χ0v) is 12.7. The van der Waals surface area contributed by atoms with Crippen molar-refractivity contribution in [3.63, 3.8) is 0 Å². The number of nitrogens with zero attached hydrogens (tertiary/aromatic N) is 1. The Morgan fingerprint density at radius 3 is 2.48 bits per heavy atom. The summed E-state index contributed by atoms with van der Waals surface area (Å²) in [6, 6.07) is 10.7. The third-order valence-electron chi connectivity index (χ3n) is 3.33. The molecule has 130 valence electrons. The molecule has 3 aromatic rings. The number of hydrogen-bond donors (Lipinski definition) is 0. The van der Waals surface area contributed by atoms with Crippen molar-refractivity contribution in [2.24, 2.45) is 0 Å². The van der Waals surface area contributed by atoms with Gasteiger partial charge in [0.15, 0.2) is 5.58 Å². The molecule has 0 aliphatic heterocycles. The fourth-order valence-corrected chi connectivity index (χ4v) is 2.25. The molecule has 0 atom stereocenters. The van der Waals surface area contributed by atoms with Crippen LogP contribution in [-0.4, -0.2) is 24.4 Å². The van der Waals surface area contributed by atoms with Crippen molar-refractivity contribution in [2.75, 3.05) is 6.61 Å². The van der Waals surface area contributed by atoms with Crippen molar-refractivity contribution in [1.29, 1.82) is 0 Å². The van der Waals surface area contributed by atoms with Gasteiger partial charge in [0, 0.05) is 6.42 Å². The smallest absolute Gasteiger partial charge is 0.475 e. The van der Waals surface area contributed by atoms with Gasteiger partial charge in [0.05, 0.1) is 12.0 Å². The first-order valence-corrected chi connectivity index (χ1v) is 7.28. The summed E-state index contributed by atoms with van der Waals surface area (Å²) in [6.07, 6.45) is -3.76. The average molecular weight is 351 g/mol. The van der Waals surface area contributed by atoms with Gasteiger partial charge in [-0.1, -0.05) is 18.2 Å². The molecule has 5 nitrogen and oxygen atoms in total. The molecule has 0 fully saturated rings. The van der Waals surface area contributed by atoms with E-state index < -0.39 is 6.36 Å². The summed E-state index contributed by atoms with van der Waals surface area (Å²) in [5.74, 6) is -0.0316. The third kappa shape index (κ3) is 4.09. The maximum atomic E-state index is 12.2. The van der Waals surface area contributed by atoms with E-state index in [-0.39, 0.29) is 24.7 Å². The fraction of sp³-hybridized carbons (Fsp3) is 0.176. The van der Waals surface area contributed by atoms with Crippen molar-refractivity contribution in [1.82, 2.24) is 5.16 Å². The van der Waals surface area contributed by atoms with Crippen LogP contribution >= 0.6 is 0 Å². The van der Waals surface area contributed by atoms with Gasteiger partial charge in [-0.15, -0.1) is 13.2 Å². The summed E-state index contributed by atoms with van der Waals surface area (Å²) in [4.78, 5) is 10.3. The summed E-state index contributed by atoms with van der Waals surface area (Å²) in [5, 5.41) is 4.41. The van der Waals surface area contributed by atoms with Crippen molar-refractivity contribution >= 4 is 17.3 Å². The number of hydrogen-bond acceptors (Lipinski definition) is 5. The molecular weight excluding hydrogens is 339 g/mol. The first kappa shape index (κ1) is 16.8. The number of aldehydes is 1. The van der Waals surface area contributed by atoms with E-state index in [2.05, 4.69) is 9.89 Å². The first-order valence-electron chi connectivity index (χ1n) is 7.28. The second kappa shape index (κ2) is 6.84. The summed E-state index contributed by atoms with van der Waals surface area (Å²) in [6.45, 7) is 0.179. The van der Waals surface area contributed by atoms with E-state index in [1.807, 2.05) is 0 Å². The normalized spacial score (nSPS) is 11.5. The summed E-state index contributed by atoms with van der Waals surface area (Å²) >= 11 is 0. The van der Waals surface area contributed by atoms with Gasteiger partial charge in [0.1, 0.15) is 12.0 Å². The first-order chi connectivity index (χ1) is 12.0. The second-order valence-corrected chi connectivity index (χ2v) is 5.07. The highest BCUT2D eigenvalue weighted by Crippen LogP contribution is 2.31. The highest BCUT2D eigenvalue weighted by atomic mass is 19.4. The summed E-state index contributed by atoms with van der Waals surface area (Å²) in [5.41, 5.74) is 1.94. The van der Waals surface area contributed by atoms with Gasteiger partial charge >= 0.3 is 6.36 Å². The van der Waals surface area contributed by atoms with Gasteiger partial charge in [-0.3, -0.25) is 0 Å². The lowest BCUT2D eigenvalue weighted by Gasteiger charge is -2.09. The van der Waals surface area contributed by atoms with Crippen LogP contribution in [0.3, 0.4) is 0 Å². The van der Waals surface area contributed by atoms with E-state index >= 15 is 0 Å². The van der Waals surface area contributed by atoms with Crippen LogP contribution in [0.4, 0.5) is 13.2 Å². The van der Waals surface area contributed by atoms with E-state index in [4.69, 9.17) is 9.26 Å². The molecule has 1 aromatic heterocycles. The Balaban J connectivity index is 1.85. The molecule has 0 aliphatic carbocycles. The zero-order valence-electron chi connectivity index (χ0n) is 12.7. The standard InChI is InChI=1S/C17H12F3NO4/c18-17(19,20)24-13-5-2-11(3-6-13)12-4-7-15-14(10-12)16(21-25-15)23-9-1-8-22/h2-8,10H,1,9H2. The van der Waals surface area contributed by atoms with Crippen LogP contribution in [0.15, 0.2) is 47.0 Å². The number of alkyl halides is 3. The fourth-order valence-electron chi connectivity index (χ4n) is 2.25. The molecule has 8 heteroatoms. The van der Waals surface area contributed by atoms with Crippen LogP contribution in [0.2, 0.25) is 0 Å². The zero-order chi connectivity index (χ0) is 17.9. The molecular formula is C17H12F3NO4. The minimum Gasteiger partial charge on any atom is -0.475 e. The Labute approximate surface area is 139 Å². The van der Waals surface area contributed by atoms with Gasteiger partial charge in [-0.2, -0.15) is 0 Å². The quantitative estimate of drug-likeness (QED) is 0.488. The highest BCUT2D eigenvalue weighted by molar-refractivity contribution is 5.87. The Hall–Kier alpha value is -3.03. The SMILES string of the molecule is O=CCCOc1noc2ccc(-c3ccc(OC(F)(F)F)cc3)cc12. The minimum absolute atomic E-state index is 0.179. The Kier molecular flexibility index (Phi) is 4.60. The highest BCUT2D eigenvalue weighted by Gasteiger charge is 2.30. The van der Waals surface area contributed by atoms with Crippen LogP contribution in [0.5, 0.6) is 11.6 Å². The average Bonchev–Trinajstić information content (AvgIpc) is 2.97. The molecule has 0 saturated heterocycles. The number of aromatic nitrogens is 1. The van der Waals surface area contributed by atoms with Gasteiger partial charge in [-0.25, -0.2) is 0 Å². The van der Waals surface area contributed by atoms with Crippen LogP contribution in [-0.2, 0) is 4.79 Å². The van der Waals surface area contributed by atoms with Crippen LogP contribution in [0, 0.1) is 0 Å². The van der Waals surface area contributed by atoms with E-state index in [0.717, 1.165) is 11.8 Å². The molecule has 0 amide bonds. The van der Waals surface area contributed by atoms with E-state index in [0.29, 0.717) is 16.5 Å². The maximum absolute atomic E-state index is 12.2. The molecule has 1 heterocycles. The van der Waals surface area contributed by atoms with Crippen molar-refractivity contribution in [3.05, 3.63) is 42.5 Å². The monoisotopic (exact) mass is 351 g/mol. The third-order valence-corrected chi connectivity index (χ3v) is 3.33. The lowest BCUT2D eigenvalue weighted by atomic mass is 10.0. The van der Waals surface area contributed by atoms with Crippen LogP contribution in [0.25, 0.3) is 22.1 Å². The van der Waals surface area contributed by atoms with Gasteiger partial charge < -0.3 is 18.8 Å². The predicted molar refractivity (Wildman–Crippen MR) is 82.3 cm³/mol. The Morgan fingerprint density at radius 2 is 1.80 bits per heavy atom. The number of carbonyl (C=O) groups is 1. The molecule has 0 spiro atoms. The second-order valence-electron chi connectivity index (χ2n) is 5.07. The number of ether oxygens (including phenoxy) is 2. The molecule has 25 heavy (non-hydrogen) atoms. The van der Waals surface area contributed by atoms with Gasteiger partial charge in [0.25, 0.3) is 5.88 Å². The van der Waals surface area contributed by atoms with Crippen molar-refractivity contribution < 1.29 is 32.0 Å². The predicted octanol–water partition coefficient (Wildman–Crippen LogP) is 4.36. The van der Waals surface area contributed by atoms with E-state index in [1.165, 1.54) is 24.3 Å². The molecule has 0 bridgehead atoms. The van der Waals surface area contributed by atoms with Crippen LogP contribution < -0.4 is 9.47 Å². The summed E-state index contributed by atoms with van der Waals surface area (Å²) < 4.78 is 51.0. The van der Waals surface area contributed by atoms with E-state index in [1.54, 1.807) is 18.2 Å². The van der Waals surface area contributed by atoms with Gasteiger partial charge in [-0.05, 0) is 40.5 Å². The number of rotatable bonds is 6. The molecule has 0 N–H and O–H groups in total. The summed E-state index contributed by atoms with van der Waals surface area (Å²) in [7, 11) is 0. The van der Waals surface area contributed by atoms with Crippen molar-refractivity contribution in [2.45, 2.75) is 12.8 Å². The largest absolute Gasteiger partial charge is 0.573 e. The number of carbonyl (C=O) groups excluding carboxylic acids is 1. The Bertz CT molecular complexity index is 872. The molecule has 0 radical (unpaired) electrons. The molecule has 2 aromatic carbocycles. The topological polar surface area (TPSA) is 61.6 Å². The van der Waals surface area contributed by atoms with E-state index in [9.17, 15) is 18.0 Å². The number of fused-ring (bicyclic) bond motifs is 1.